The zero-order valence-corrected chi connectivity index (χ0v) is 12.2. The molecular formula is C14H12FN3O3S. The molecule has 1 aliphatic heterocycles. The average molecular weight is 321 g/mol. The second-order valence-electron chi connectivity index (χ2n) is 4.61. The van der Waals surface area contributed by atoms with Crippen LogP contribution >= 0.6 is 11.3 Å². The number of imide groups is 1. The monoisotopic (exact) mass is 321 g/mol. The number of amides is 3. The maximum Gasteiger partial charge on any atom is 0.324 e. The third kappa shape index (κ3) is 3.22. The van der Waals surface area contributed by atoms with Crippen molar-refractivity contribution in [1.82, 2.24) is 15.2 Å². The van der Waals surface area contributed by atoms with Gasteiger partial charge in [0.2, 0.25) is 5.91 Å². The molecule has 0 saturated carbocycles. The van der Waals surface area contributed by atoms with Crippen LogP contribution in [0.5, 0.6) is 5.75 Å². The lowest BCUT2D eigenvalue weighted by Crippen LogP contribution is -2.30. The molecule has 1 aliphatic rings. The first-order chi connectivity index (χ1) is 10.6. The molecule has 0 unspecified atom stereocenters. The van der Waals surface area contributed by atoms with E-state index in [1.807, 2.05) is 0 Å². The Morgan fingerprint density at radius 1 is 1.32 bits per heavy atom. The highest BCUT2D eigenvalue weighted by Gasteiger charge is 2.28. The van der Waals surface area contributed by atoms with E-state index in [4.69, 9.17) is 4.74 Å². The molecule has 2 heterocycles. The molecule has 1 aromatic heterocycles. The summed E-state index contributed by atoms with van der Waals surface area (Å²) in [6.45, 7) is 0.428. The van der Waals surface area contributed by atoms with Gasteiger partial charge in [-0.3, -0.25) is 9.69 Å². The SMILES string of the molecule is O=C1CNC(=O)N1Cc1csc(COc2ccc(F)cc2)n1. The number of hydrogen-bond acceptors (Lipinski definition) is 5. The number of halogens is 1. The Bertz CT molecular complexity index is 686. The van der Waals surface area contributed by atoms with Crippen molar-refractivity contribution in [2.75, 3.05) is 6.54 Å². The quantitative estimate of drug-likeness (QED) is 0.854. The molecule has 6 nitrogen and oxygen atoms in total. The minimum atomic E-state index is -0.401. The number of rotatable bonds is 5. The summed E-state index contributed by atoms with van der Waals surface area (Å²) in [4.78, 5) is 28.4. The van der Waals surface area contributed by atoms with E-state index in [-0.39, 0.29) is 31.4 Å². The van der Waals surface area contributed by atoms with Gasteiger partial charge in [-0.2, -0.15) is 0 Å². The van der Waals surface area contributed by atoms with Crippen LogP contribution in [0.4, 0.5) is 9.18 Å². The standard InChI is InChI=1S/C14H12FN3O3S/c15-9-1-3-11(4-2-9)21-7-12-17-10(8-22-12)6-18-13(19)5-16-14(18)20/h1-4,8H,5-7H2,(H,16,20). The molecule has 3 amide bonds. The summed E-state index contributed by atoms with van der Waals surface area (Å²) < 4.78 is 18.3. The van der Waals surface area contributed by atoms with Crippen LogP contribution in [0.25, 0.3) is 0 Å². The third-order valence-electron chi connectivity index (χ3n) is 3.03. The summed E-state index contributed by atoms with van der Waals surface area (Å²) in [7, 11) is 0. The van der Waals surface area contributed by atoms with Gasteiger partial charge in [0.15, 0.2) is 0 Å². The maximum atomic E-state index is 12.8. The molecule has 1 aromatic carbocycles. The van der Waals surface area contributed by atoms with Crippen molar-refractivity contribution in [1.29, 1.82) is 0 Å². The van der Waals surface area contributed by atoms with Crippen LogP contribution < -0.4 is 10.1 Å². The molecule has 0 aliphatic carbocycles. The van der Waals surface area contributed by atoms with E-state index in [1.165, 1.54) is 35.6 Å². The fraction of sp³-hybridized carbons (Fsp3) is 0.214. The van der Waals surface area contributed by atoms with Gasteiger partial charge >= 0.3 is 6.03 Å². The summed E-state index contributed by atoms with van der Waals surface area (Å²) in [5, 5.41) is 4.95. The number of thiazole rings is 1. The number of benzene rings is 1. The first-order valence-corrected chi connectivity index (χ1v) is 7.39. The lowest BCUT2D eigenvalue weighted by molar-refractivity contribution is -0.125. The molecule has 0 atom stereocenters. The second-order valence-corrected chi connectivity index (χ2v) is 5.56. The van der Waals surface area contributed by atoms with E-state index in [1.54, 1.807) is 5.38 Å². The lowest BCUT2D eigenvalue weighted by atomic mass is 10.3. The van der Waals surface area contributed by atoms with Crippen LogP contribution in [-0.4, -0.2) is 28.4 Å². The Labute approximate surface area is 129 Å². The van der Waals surface area contributed by atoms with Crippen LogP contribution in [0.2, 0.25) is 0 Å². The first kappa shape index (κ1) is 14.5. The van der Waals surface area contributed by atoms with E-state index in [9.17, 15) is 14.0 Å². The maximum absolute atomic E-state index is 12.8. The predicted octanol–water partition coefficient (Wildman–Crippen LogP) is 1.91. The highest BCUT2D eigenvalue weighted by molar-refractivity contribution is 7.09. The van der Waals surface area contributed by atoms with Crippen molar-refractivity contribution in [3.63, 3.8) is 0 Å². The summed E-state index contributed by atoms with van der Waals surface area (Å²) in [6, 6.07) is 5.32. The van der Waals surface area contributed by atoms with Crippen molar-refractivity contribution >= 4 is 23.3 Å². The molecule has 22 heavy (non-hydrogen) atoms. The van der Waals surface area contributed by atoms with Crippen molar-refractivity contribution in [2.24, 2.45) is 0 Å². The molecule has 0 radical (unpaired) electrons. The van der Waals surface area contributed by atoms with Gasteiger partial charge in [-0.25, -0.2) is 14.2 Å². The largest absolute Gasteiger partial charge is 0.486 e. The van der Waals surface area contributed by atoms with Crippen LogP contribution in [0.3, 0.4) is 0 Å². The van der Waals surface area contributed by atoms with Gasteiger partial charge in [-0.1, -0.05) is 0 Å². The van der Waals surface area contributed by atoms with E-state index in [2.05, 4.69) is 10.3 Å². The molecule has 1 fully saturated rings. The normalized spacial score (nSPS) is 14.3. The van der Waals surface area contributed by atoms with Gasteiger partial charge < -0.3 is 10.1 Å². The number of carbonyl (C=O) groups excluding carboxylic acids is 2. The number of aromatic nitrogens is 1. The number of carbonyl (C=O) groups is 2. The van der Waals surface area contributed by atoms with Crippen molar-refractivity contribution in [2.45, 2.75) is 13.2 Å². The molecule has 0 bridgehead atoms. The fourth-order valence-corrected chi connectivity index (χ4v) is 2.64. The van der Waals surface area contributed by atoms with Crippen LogP contribution in [0, 0.1) is 5.82 Å². The molecule has 1 N–H and O–H groups in total. The van der Waals surface area contributed by atoms with E-state index >= 15 is 0 Å². The lowest BCUT2D eigenvalue weighted by Gasteiger charge is -2.09. The van der Waals surface area contributed by atoms with E-state index < -0.39 is 6.03 Å². The minimum absolute atomic E-state index is 0.0313. The summed E-state index contributed by atoms with van der Waals surface area (Å²) in [6.07, 6.45) is 0. The summed E-state index contributed by atoms with van der Waals surface area (Å²) >= 11 is 1.38. The molecule has 8 heteroatoms. The van der Waals surface area contributed by atoms with Gasteiger partial charge in [-0.05, 0) is 24.3 Å². The highest BCUT2D eigenvalue weighted by Crippen LogP contribution is 2.17. The predicted molar refractivity (Wildman–Crippen MR) is 76.8 cm³/mol. The number of nitrogens with zero attached hydrogens (tertiary/aromatic N) is 2. The Morgan fingerprint density at radius 3 is 2.77 bits per heavy atom. The van der Waals surface area contributed by atoms with Crippen molar-refractivity contribution < 1.29 is 18.7 Å². The van der Waals surface area contributed by atoms with Gasteiger partial charge in [0.1, 0.15) is 23.2 Å². The number of urea groups is 1. The zero-order chi connectivity index (χ0) is 15.5. The summed E-state index contributed by atoms with van der Waals surface area (Å²) in [5.74, 6) is -0.0354. The second kappa shape index (κ2) is 6.10. The first-order valence-electron chi connectivity index (χ1n) is 6.51. The van der Waals surface area contributed by atoms with Crippen LogP contribution in [-0.2, 0) is 17.9 Å². The molecule has 3 rings (SSSR count). The molecule has 2 aromatic rings. The number of hydrogen-bond donors (Lipinski definition) is 1. The van der Waals surface area contributed by atoms with Crippen LogP contribution in [0.1, 0.15) is 10.7 Å². The molecule has 114 valence electrons. The number of nitrogens with one attached hydrogen (secondary N) is 1. The van der Waals surface area contributed by atoms with E-state index in [0.29, 0.717) is 16.5 Å². The smallest absolute Gasteiger partial charge is 0.324 e. The molecule has 0 spiro atoms. The highest BCUT2D eigenvalue weighted by atomic mass is 32.1. The fourth-order valence-electron chi connectivity index (χ4n) is 1.94. The Kier molecular flexibility index (Phi) is 4.01. The Morgan fingerprint density at radius 2 is 2.09 bits per heavy atom. The molecular weight excluding hydrogens is 309 g/mol. The Hall–Kier alpha value is -2.48. The van der Waals surface area contributed by atoms with Crippen molar-refractivity contribution in [3.05, 3.63) is 46.2 Å². The molecule has 1 saturated heterocycles. The van der Waals surface area contributed by atoms with Crippen molar-refractivity contribution in [3.8, 4) is 5.75 Å². The Balaban J connectivity index is 1.58. The van der Waals surface area contributed by atoms with Gasteiger partial charge in [0.25, 0.3) is 0 Å². The average Bonchev–Trinajstić information content (AvgIpc) is 3.09. The summed E-state index contributed by atoms with van der Waals surface area (Å²) in [5.41, 5.74) is 0.633. The third-order valence-corrected chi connectivity index (χ3v) is 3.90. The van der Waals surface area contributed by atoms with Gasteiger partial charge in [0, 0.05) is 5.38 Å². The topological polar surface area (TPSA) is 71.5 Å². The minimum Gasteiger partial charge on any atom is -0.486 e. The van der Waals surface area contributed by atoms with E-state index in [0.717, 1.165) is 4.90 Å². The number of ether oxygens (including phenoxy) is 1. The zero-order valence-electron chi connectivity index (χ0n) is 11.4. The van der Waals surface area contributed by atoms with Gasteiger partial charge in [-0.15, -0.1) is 11.3 Å². The van der Waals surface area contributed by atoms with Crippen LogP contribution in [0.15, 0.2) is 29.6 Å². The van der Waals surface area contributed by atoms with Gasteiger partial charge in [0.05, 0.1) is 18.8 Å².